The Morgan fingerprint density at radius 3 is 2.93 bits per heavy atom. The Morgan fingerprint density at radius 1 is 1.24 bits per heavy atom. The topological polar surface area (TPSA) is 54.9 Å². The van der Waals surface area contributed by atoms with Gasteiger partial charge >= 0.3 is 0 Å². The van der Waals surface area contributed by atoms with Crippen LogP contribution in [0.5, 0.6) is 5.88 Å². The van der Waals surface area contributed by atoms with Crippen molar-refractivity contribution in [2.75, 3.05) is 33.3 Å². The molecule has 4 heterocycles. The molecule has 6 nitrogen and oxygen atoms in total. The summed E-state index contributed by atoms with van der Waals surface area (Å²) in [6, 6.07) is 11.7. The predicted octanol–water partition coefficient (Wildman–Crippen LogP) is 2.73. The van der Waals surface area contributed by atoms with Gasteiger partial charge in [0, 0.05) is 30.9 Å². The molecule has 1 amide bonds. The van der Waals surface area contributed by atoms with Crippen LogP contribution in [0.15, 0.2) is 42.6 Å². The molecule has 1 spiro atoms. The lowest BCUT2D eigenvalue weighted by Crippen LogP contribution is -2.72. The van der Waals surface area contributed by atoms with Gasteiger partial charge in [0.15, 0.2) is 0 Å². The normalized spacial score (nSPS) is 22.9. The van der Waals surface area contributed by atoms with E-state index >= 15 is 0 Å². The fourth-order valence-electron chi connectivity index (χ4n) is 4.85. The van der Waals surface area contributed by atoms with Crippen LogP contribution in [0.25, 0.3) is 0 Å². The highest BCUT2D eigenvalue weighted by molar-refractivity contribution is 5.95. The van der Waals surface area contributed by atoms with Crippen LogP contribution in [0.4, 0.5) is 0 Å². The minimum atomic E-state index is 0.0753. The number of amides is 1. The molecule has 6 heteroatoms. The number of nitrogens with zero attached hydrogens (tertiary/aromatic N) is 3. The number of fused-ring (bicyclic) bond motifs is 1. The minimum Gasteiger partial charge on any atom is -0.477 e. The second kappa shape index (κ2) is 7.43. The van der Waals surface area contributed by atoms with Crippen LogP contribution < -0.4 is 4.74 Å². The van der Waals surface area contributed by atoms with Gasteiger partial charge in [0.25, 0.3) is 5.91 Å². The standard InChI is InChI=1S/C23H27N3O3/c1-25-9-7-17(12-29-21-4-2-3-8-24-21)11-23(25)15-26(16-23)22(27)18-5-6-19-13-28-14-20(19)10-18/h2-6,8,10,17H,7,9,11-16H2,1H3/t17-/m1/s1. The lowest BCUT2D eigenvalue weighted by molar-refractivity contribution is -0.0695. The number of likely N-dealkylation sites (N-methyl/N-ethyl adjacent to an activating group) is 1. The van der Waals surface area contributed by atoms with Gasteiger partial charge in [-0.3, -0.25) is 9.69 Å². The third-order valence-corrected chi connectivity index (χ3v) is 6.68. The molecule has 0 radical (unpaired) electrons. The first kappa shape index (κ1) is 18.6. The van der Waals surface area contributed by atoms with E-state index in [2.05, 4.69) is 16.9 Å². The number of carbonyl (C=O) groups is 1. The van der Waals surface area contributed by atoms with Gasteiger partial charge in [-0.15, -0.1) is 0 Å². The van der Waals surface area contributed by atoms with Crippen molar-refractivity contribution in [2.24, 2.45) is 5.92 Å². The molecule has 1 atom stereocenters. The molecule has 2 fully saturated rings. The quantitative estimate of drug-likeness (QED) is 0.800. The van der Waals surface area contributed by atoms with Crippen LogP contribution in [0.1, 0.15) is 34.3 Å². The molecule has 2 saturated heterocycles. The summed E-state index contributed by atoms with van der Waals surface area (Å²) in [5.41, 5.74) is 3.20. The summed E-state index contributed by atoms with van der Waals surface area (Å²) in [4.78, 5) is 21.7. The molecule has 0 N–H and O–H groups in total. The number of benzene rings is 1. The number of hydrogen-bond acceptors (Lipinski definition) is 5. The van der Waals surface area contributed by atoms with E-state index < -0.39 is 0 Å². The summed E-state index contributed by atoms with van der Waals surface area (Å²) in [5.74, 6) is 1.31. The molecule has 5 rings (SSSR count). The lowest BCUT2D eigenvalue weighted by Gasteiger charge is -2.58. The first-order valence-electron chi connectivity index (χ1n) is 10.4. The minimum absolute atomic E-state index is 0.0753. The highest BCUT2D eigenvalue weighted by Gasteiger charge is 2.51. The summed E-state index contributed by atoms with van der Waals surface area (Å²) in [5, 5.41) is 0. The van der Waals surface area contributed by atoms with Crippen molar-refractivity contribution in [3.63, 3.8) is 0 Å². The molecule has 0 aliphatic carbocycles. The van der Waals surface area contributed by atoms with E-state index in [0.717, 1.165) is 43.6 Å². The number of aromatic nitrogens is 1. The molecule has 3 aliphatic rings. The molecule has 1 aromatic carbocycles. The Balaban J connectivity index is 1.21. The zero-order chi connectivity index (χ0) is 19.8. The van der Waals surface area contributed by atoms with Crippen molar-refractivity contribution in [3.05, 3.63) is 59.3 Å². The number of ether oxygens (including phenoxy) is 2. The molecule has 29 heavy (non-hydrogen) atoms. The third kappa shape index (κ3) is 3.51. The number of carbonyl (C=O) groups excluding carboxylic acids is 1. The van der Waals surface area contributed by atoms with E-state index in [1.165, 1.54) is 5.56 Å². The molecule has 152 valence electrons. The van der Waals surface area contributed by atoms with E-state index in [1.54, 1.807) is 6.20 Å². The van der Waals surface area contributed by atoms with Crippen LogP contribution in [0.3, 0.4) is 0 Å². The van der Waals surface area contributed by atoms with Gasteiger partial charge in [-0.2, -0.15) is 0 Å². The molecule has 1 aromatic heterocycles. The fourth-order valence-corrected chi connectivity index (χ4v) is 4.85. The molecular formula is C23H27N3O3. The largest absolute Gasteiger partial charge is 0.477 e. The summed E-state index contributed by atoms with van der Waals surface area (Å²) < 4.78 is 11.4. The van der Waals surface area contributed by atoms with Crippen LogP contribution in [-0.4, -0.2) is 59.5 Å². The van der Waals surface area contributed by atoms with Gasteiger partial charge in [-0.1, -0.05) is 12.1 Å². The van der Waals surface area contributed by atoms with Crippen molar-refractivity contribution in [1.82, 2.24) is 14.8 Å². The monoisotopic (exact) mass is 393 g/mol. The van der Waals surface area contributed by atoms with Crippen molar-refractivity contribution >= 4 is 5.91 Å². The van der Waals surface area contributed by atoms with E-state index in [1.807, 2.05) is 41.3 Å². The van der Waals surface area contributed by atoms with E-state index in [9.17, 15) is 4.79 Å². The number of rotatable bonds is 4. The van der Waals surface area contributed by atoms with Crippen LogP contribution >= 0.6 is 0 Å². The maximum Gasteiger partial charge on any atom is 0.253 e. The summed E-state index contributed by atoms with van der Waals surface area (Å²) >= 11 is 0. The van der Waals surface area contributed by atoms with Gasteiger partial charge in [0.2, 0.25) is 5.88 Å². The zero-order valence-electron chi connectivity index (χ0n) is 16.8. The van der Waals surface area contributed by atoms with Gasteiger partial charge in [0.1, 0.15) is 0 Å². The number of hydrogen-bond donors (Lipinski definition) is 0. The summed E-state index contributed by atoms with van der Waals surface area (Å²) in [7, 11) is 2.18. The Hall–Kier alpha value is -2.44. The smallest absolute Gasteiger partial charge is 0.253 e. The number of piperidine rings is 1. The second-order valence-electron chi connectivity index (χ2n) is 8.62. The summed E-state index contributed by atoms with van der Waals surface area (Å²) in [6.45, 7) is 4.57. The summed E-state index contributed by atoms with van der Waals surface area (Å²) in [6.07, 6.45) is 3.92. The van der Waals surface area contributed by atoms with Gasteiger partial charge in [0.05, 0.1) is 25.4 Å². The van der Waals surface area contributed by atoms with Gasteiger partial charge < -0.3 is 14.4 Å². The van der Waals surface area contributed by atoms with Crippen molar-refractivity contribution in [1.29, 1.82) is 0 Å². The lowest BCUT2D eigenvalue weighted by atomic mass is 9.75. The average Bonchev–Trinajstić information content (AvgIpc) is 3.20. The molecule has 3 aliphatic heterocycles. The van der Waals surface area contributed by atoms with Crippen molar-refractivity contribution < 1.29 is 14.3 Å². The first-order valence-corrected chi connectivity index (χ1v) is 10.4. The highest BCUT2D eigenvalue weighted by Crippen LogP contribution is 2.39. The average molecular weight is 393 g/mol. The third-order valence-electron chi connectivity index (χ3n) is 6.68. The number of likely N-dealkylation sites (tertiary alicyclic amines) is 2. The predicted molar refractivity (Wildman–Crippen MR) is 109 cm³/mol. The van der Waals surface area contributed by atoms with Gasteiger partial charge in [-0.05, 0) is 61.7 Å². The first-order chi connectivity index (χ1) is 14.1. The molecular weight excluding hydrogens is 366 g/mol. The maximum absolute atomic E-state index is 13.0. The maximum atomic E-state index is 13.0. The Labute approximate surface area is 171 Å². The second-order valence-corrected chi connectivity index (χ2v) is 8.62. The molecule has 2 aromatic rings. The Morgan fingerprint density at radius 2 is 2.10 bits per heavy atom. The van der Waals surface area contributed by atoms with E-state index in [4.69, 9.17) is 9.47 Å². The Bertz CT molecular complexity index is 895. The fraction of sp³-hybridized carbons (Fsp3) is 0.478. The Kier molecular flexibility index (Phi) is 4.76. The SMILES string of the molecule is CN1CC[C@@H](COc2ccccn2)CC12CN(C(=O)c1ccc3c(c1)COC3)C2. The van der Waals surface area contributed by atoms with Crippen molar-refractivity contribution in [2.45, 2.75) is 31.6 Å². The molecule has 0 saturated carbocycles. The number of pyridine rings is 1. The van der Waals surface area contributed by atoms with E-state index in [-0.39, 0.29) is 11.4 Å². The van der Waals surface area contributed by atoms with Crippen LogP contribution in [0.2, 0.25) is 0 Å². The zero-order valence-corrected chi connectivity index (χ0v) is 16.8. The molecule has 0 unspecified atom stereocenters. The molecule has 0 bridgehead atoms. The van der Waals surface area contributed by atoms with Gasteiger partial charge in [-0.25, -0.2) is 4.98 Å². The van der Waals surface area contributed by atoms with Crippen LogP contribution in [-0.2, 0) is 18.0 Å². The van der Waals surface area contributed by atoms with E-state index in [0.29, 0.717) is 31.6 Å². The highest BCUT2D eigenvalue weighted by atomic mass is 16.5. The van der Waals surface area contributed by atoms with Crippen LogP contribution in [0, 0.1) is 5.92 Å². The van der Waals surface area contributed by atoms with Crippen molar-refractivity contribution in [3.8, 4) is 5.88 Å².